The van der Waals surface area contributed by atoms with Crippen molar-refractivity contribution in [3.05, 3.63) is 34.2 Å². The van der Waals surface area contributed by atoms with Gasteiger partial charge in [0.1, 0.15) is 5.69 Å². The molecule has 1 aromatic rings. The number of aromatic amines is 1. The molecule has 0 saturated carbocycles. The number of aromatic nitrogens is 1. The number of carbonyl (C=O) groups is 1. The first-order valence-electron chi connectivity index (χ1n) is 5.60. The highest BCUT2D eigenvalue weighted by Gasteiger charge is 2.30. The van der Waals surface area contributed by atoms with Crippen molar-refractivity contribution in [3.63, 3.8) is 0 Å². The van der Waals surface area contributed by atoms with Crippen LogP contribution in [0.2, 0.25) is 0 Å². The van der Waals surface area contributed by atoms with Crippen LogP contribution >= 0.6 is 11.8 Å². The predicted octanol–water partition coefficient (Wildman–Crippen LogP) is 1.34. The average Bonchev–Trinajstić information content (AvgIpc) is 2.26. The first kappa shape index (κ1) is 12.2. The number of carbonyl (C=O) groups excluding carboxylic acids is 1. The zero-order valence-corrected chi connectivity index (χ0v) is 10.8. The van der Waals surface area contributed by atoms with Crippen molar-refractivity contribution in [2.24, 2.45) is 0 Å². The van der Waals surface area contributed by atoms with E-state index in [1.165, 1.54) is 6.07 Å². The SMILES string of the molecule is CC1(C)CN(C(=O)c2cccc(=O)[nH]2)CCS1. The highest BCUT2D eigenvalue weighted by Crippen LogP contribution is 2.29. The molecular formula is C12H16N2O2S. The average molecular weight is 252 g/mol. The fraction of sp³-hybridized carbons (Fsp3) is 0.500. The number of pyridine rings is 1. The number of rotatable bonds is 1. The second kappa shape index (κ2) is 4.56. The van der Waals surface area contributed by atoms with Crippen LogP contribution in [-0.2, 0) is 0 Å². The van der Waals surface area contributed by atoms with Crippen molar-refractivity contribution in [1.82, 2.24) is 9.88 Å². The molecule has 1 aromatic heterocycles. The van der Waals surface area contributed by atoms with Gasteiger partial charge in [-0.1, -0.05) is 6.07 Å². The quantitative estimate of drug-likeness (QED) is 0.820. The van der Waals surface area contributed by atoms with E-state index in [4.69, 9.17) is 0 Å². The zero-order valence-electron chi connectivity index (χ0n) is 10.0. The molecule has 2 rings (SSSR count). The third kappa shape index (κ3) is 2.91. The summed E-state index contributed by atoms with van der Waals surface area (Å²) in [6, 6.07) is 4.67. The van der Waals surface area contributed by atoms with Crippen LogP contribution in [0.15, 0.2) is 23.0 Å². The van der Waals surface area contributed by atoms with Crippen molar-refractivity contribution < 1.29 is 4.79 Å². The van der Waals surface area contributed by atoms with E-state index in [-0.39, 0.29) is 16.2 Å². The van der Waals surface area contributed by atoms with Gasteiger partial charge in [0.15, 0.2) is 0 Å². The summed E-state index contributed by atoms with van der Waals surface area (Å²) in [5.41, 5.74) is 0.140. The second-order valence-corrected chi connectivity index (χ2v) is 6.57. The van der Waals surface area contributed by atoms with E-state index in [1.54, 1.807) is 12.1 Å². The minimum Gasteiger partial charge on any atom is -0.335 e. The lowest BCUT2D eigenvalue weighted by Crippen LogP contribution is -2.46. The number of hydrogen-bond donors (Lipinski definition) is 1. The topological polar surface area (TPSA) is 53.2 Å². The number of thioether (sulfide) groups is 1. The molecule has 1 fully saturated rings. The number of hydrogen-bond acceptors (Lipinski definition) is 3. The van der Waals surface area contributed by atoms with Crippen LogP contribution in [0, 0.1) is 0 Å². The van der Waals surface area contributed by atoms with E-state index in [1.807, 2.05) is 16.7 Å². The molecule has 1 aliphatic rings. The van der Waals surface area contributed by atoms with Gasteiger partial charge in [-0.25, -0.2) is 0 Å². The Hall–Kier alpha value is -1.23. The molecule has 0 unspecified atom stereocenters. The standard InChI is InChI=1S/C12H16N2O2S/c1-12(2)8-14(6-7-17-12)11(16)9-4-3-5-10(15)13-9/h3-5H,6-8H2,1-2H3,(H,13,15). The van der Waals surface area contributed by atoms with Gasteiger partial charge < -0.3 is 9.88 Å². The normalized spacial score (nSPS) is 19.1. The number of H-pyrrole nitrogens is 1. The number of amides is 1. The Kier molecular flexibility index (Phi) is 3.28. The molecule has 17 heavy (non-hydrogen) atoms. The smallest absolute Gasteiger partial charge is 0.270 e. The van der Waals surface area contributed by atoms with E-state index in [0.717, 1.165) is 12.3 Å². The largest absolute Gasteiger partial charge is 0.335 e. The molecule has 5 heteroatoms. The van der Waals surface area contributed by atoms with Crippen molar-refractivity contribution in [2.45, 2.75) is 18.6 Å². The minimum atomic E-state index is -0.235. The van der Waals surface area contributed by atoms with Crippen LogP contribution in [0.4, 0.5) is 0 Å². The van der Waals surface area contributed by atoms with E-state index in [0.29, 0.717) is 12.2 Å². The number of nitrogens with one attached hydrogen (secondary N) is 1. The highest BCUT2D eigenvalue weighted by atomic mass is 32.2. The summed E-state index contributed by atoms with van der Waals surface area (Å²) < 4.78 is 0.0863. The monoisotopic (exact) mass is 252 g/mol. The molecule has 0 aliphatic carbocycles. The molecular weight excluding hydrogens is 236 g/mol. The maximum absolute atomic E-state index is 12.2. The van der Waals surface area contributed by atoms with Crippen molar-refractivity contribution >= 4 is 17.7 Å². The van der Waals surface area contributed by atoms with E-state index < -0.39 is 0 Å². The van der Waals surface area contributed by atoms with Crippen LogP contribution in [0.5, 0.6) is 0 Å². The summed E-state index contributed by atoms with van der Waals surface area (Å²) >= 11 is 1.87. The molecule has 1 amide bonds. The second-order valence-electron chi connectivity index (χ2n) is 4.76. The Morgan fingerprint density at radius 2 is 2.24 bits per heavy atom. The Bertz CT molecular complexity index is 481. The van der Waals surface area contributed by atoms with Crippen LogP contribution < -0.4 is 5.56 Å². The van der Waals surface area contributed by atoms with Gasteiger partial charge in [-0.15, -0.1) is 0 Å². The van der Waals surface area contributed by atoms with Crippen molar-refractivity contribution in [2.75, 3.05) is 18.8 Å². The Morgan fingerprint density at radius 1 is 1.47 bits per heavy atom. The molecule has 92 valence electrons. The van der Waals surface area contributed by atoms with Gasteiger partial charge in [0.05, 0.1) is 0 Å². The summed E-state index contributed by atoms with van der Waals surface area (Å²) in [4.78, 5) is 27.7. The molecule has 0 radical (unpaired) electrons. The maximum atomic E-state index is 12.2. The fourth-order valence-electron chi connectivity index (χ4n) is 1.93. The molecule has 0 bridgehead atoms. The third-order valence-corrected chi connectivity index (χ3v) is 4.01. The highest BCUT2D eigenvalue weighted by molar-refractivity contribution is 8.00. The lowest BCUT2D eigenvalue weighted by Gasteiger charge is -2.37. The summed E-state index contributed by atoms with van der Waals surface area (Å²) in [6.45, 7) is 5.72. The summed E-state index contributed by atoms with van der Waals surface area (Å²) in [5, 5.41) is 0. The Balaban J connectivity index is 2.18. The third-order valence-electron chi connectivity index (χ3n) is 2.71. The fourth-order valence-corrected chi connectivity index (χ4v) is 3.04. The lowest BCUT2D eigenvalue weighted by molar-refractivity contribution is 0.0742. The molecule has 1 N–H and O–H groups in total. The van der Waals surface area contributed by atoms with Gasteiger partial charge in [-0.2, -0.15) is 11.8 Å². The zero-order chi connectivity index (χ0) is 12.5. The Labute approximate surface area is 104 Å². The molecule has 0 atom stereocenters. The van der Waals surface area contributed by atoms with Gasteiger partial charge in [-0.05, 0) is 19.9 Å². The first-order chi connectivity index (χ1) is 7.98. The molecule has 2 heterocycles. The van der Waals surface area contributed by atoms with E-state index in [2.05, 4.69) is 18.8 Å². The molecule has 0 aromatic carbocycles. The lowest BCUT2D eigenvalue weighted by atomic mass is 10.1. The maximum Gasteiger partial charge on any atom is 0.270 e. The molecule has 1 saturated heterocycles. The van der Waals surface area contributed by atoms with Gasteiger partial charge in [-0.3, -0.25) is 9.59 Å². The van der Waals surface area contributed by atoms with Gasteiger partial charge >= 0.3 is 0 Å². The van der Waals surface area contributed by atoms with Crippen LogP contribution in [0.3, 0.4) is 0 Å². The summed E-state index contributed by atoms with van der Waals surface area (Å²) in [5.74, 6) is 0.853. The van der Waals surface area contributed by atoms with Crippen molar-refractivity contribution in [1.29, 1.82) is 0 Å². The number of nitrogens with zero attached hydrogens (tertiary/aromatic N) is 1. The Morgan fingerprint density at radius 3 is 2.88 bits per heavy atom. The summed E-state index contributed by atoms with van der Waals surface area (Å²) in [6.07, 6.45) is 0. The van der Waals surface area contributed by atoms with E-state index in [9.17, 15) is 9.59 Å². The van der Waals surface area contributed by atoms with Gasteiger partial charge in [0.2, 0.25) is 5.56 Å². The van der Waals surface area contributed by atoms with Crippen molar-refractivity contribution in [3.8, 4) is 0 Å². The predicted molar refractivity (Wildman–Crippen MR) is 69.5 cm³/mol. The first-order valence-corrected chi connectivity index (χ1v) is 6.59. The van der Waals surface area contributed by atoms with Gasteiger partial charge in [0, 0.05) is 29.7 Å². The van der Waals surface area contributed by atoms with Gasteiger partial charge in [0.25, 0.3) is 5.91 Å². The summed E-state index contributed by atoms with van der Waals surface area (Å²) in [7, 11) is 0. The van der Waals surface area contributed by atoms with Crippen LogP contribution in [0.1, 0.15) is 24.3 Å². The minimum absolute atomic E-state index is 0.0863. The molecule has 0 spiro atoms. The van der Waals surface area contributed by atoms with E-state index >= 15 is 0 Å². The van der Waals surface area contributed by atoms with Crippen LogP contribution in [-0.4, -0.2) is 39.4 Å². The van der Waals surface area contributed by atoms with Crippen LogP contribution in [0.25, 0.3) is 0 Å². The molecule has 1 aliphatic heterocycles. The molecule has 4 nitrogen and oxygen atoms in total.